The Morgan fingerprint density at radius 2 is 1.83 bits per heavy atom. The molecule has 7 heteroatoms. The van der Waals surface area contributed by atoms with Crippen LogP contribution in [0.25, 0.3) is 5.78 Å². The van der Waals surface area contributed by atoms with E-state index in [1.807, 2.05) is 0 Å². The molecule has 2 aromatic heterocycles. The van der Waals surface area contributed by atoms with Gasteiger partial charge >= 0.3 is 0 Å². The van der Waals surface area contributed by atoms with Gasteiger partial charge in [0.05, 0.1) is 5.69 Å². The smallest absolute Gasteiger partial charge is 0.254 e. The van der Waals surface area contributed by atoms with Gasteiger partial charge in [0.1, 0.15) is 5.82 Å². The predicted molar refractivity (Wildman–Crippen MR) is 106 cm³/mol. The maximum atomic E-state index is 13.7. The van der Waals surface area contributed by atoms with Gasteiger partial charge in [0, 0.05) is 23.7 Å². The number of nitrogens with one attached hydrogen (secondary N) is 1. The summed E-state index contributed by atoms with van der Waals surface area (Å²) >= 11 is 0. The van der Waals surface area contributed by atoms with Crippen LogP contribution in [-0.4, -0.2) is 19.6 Å². The molecule has 0 amide bonds. The summed E-state index contributed by atoms with van der Waals surface area (Å²) in [5.74, 6) is 0.129. The summed E-state index contributed by atoms with van der Waals surface area (Å²) < 4.78 is 28.7. The Labute approximate surface area is 166 Å². The van der Waals surface area contributed by atoms with E-state index in [-0.39, 0.29) is 0 Å². The third-order valence-corrected chi connectivity index (χ3v) is 5.22. The fraction of sp³-hybridized carbons (Fsp3) is 0.227. The summed E-state index contributed by atoms with van der Waals surface area (Å²) in [4.78, 5) is 9.29. The number of aromatic nitrogens is 4. The molecule has 0 unspecified atom stereocenters. The summed E-state index contributed by atoms with van der Waals surface area (Å²) in [6, 6.07) is 12.0. The lowest BCUT2D eigenvalue weighted by atomic mass is 10.1. The highest BCUT2D eigenvalue weighted by atomic mass is 19.2. The highest BCUT2D eigenvalue weighted by molar-refractivity contribution is 5.64. The number of benzene rings is 2. The summed E-state index contributed by atoms with van der Waals surface area (Å²) in [5, 5.41) is 7.87. The zero-order valence-corrected chi connectivity index (χ0v) is 15.9. The van der Waals surface area contributed by atoms with E-state index in [0.29, 0.717) is 23.7 Å². The number of fused-ring (bicyclic) bond motifs is 2. The first-order chi connectivity index (χ1) is 14.1. The van der Waals surface area contributed by atoms with Gasteiger partial charge in [0.25, 0.3) is 5.78 Å². The average Bonchev–Trinajstić information content (AvgIpc) is 3.33. The monoisotopic (exact) mass is 391 g/mol. The average molecular weight is 391 g/mol. The molecule has 0 bridgehead atoms. The fourth-order valence-corrected chi connectivity index (χ4v) is 3.72. The van der Waals surface area contributed by atoms with Crippen molar-refractivity contribution in [1.29, 1.82) is 0 Å². The van der Waals surface area contributed by atoms with E-state index in [9.17, 15) is 8.78 Å². The number of hydrogen-bond donors (Lipinski definition) is 1. The second-order valence-corrected chi connectivity index (χ2v) is 7.40. The Morgan fingerprint density at radius 1 is 1.00 bits per heavy atom. The second kappa shape index (κ2) is 6.92. The second-order valence-electron chi connectivity index (χ2n) is 7.40. The van der Waals surface area contributed by atoms with Crippen molar-refractivity contribution in [3.05, 3.63) is 82.3 Å². The van der Waals surface area contributed by atoms with E-state index >= 15 is 0 Å². The lowest BCUT2D eigenvalue weighted by Gasteiger charge is -2.12. The van der Waals surface area contributed by atoms with Crippen LogP contribution in [0, 0.1) is 18.6 Å². The minimum atomic E-state index is -0.893. The van der Waals surface area contributed by atoms with Crippen LogP contribution in [0.15, 0.2) is 42.5 Å². The third-order valence-electron chi connectivity index (χ3n) is 5.22. The maximum absolute atomic E-state index is 13.7. The third kappa shape index (κ3) is 3.33. The van der Waals surface area contributed by atoms with Crippen LogP contribution in [0.3, 0.4) is 0 Å². The molecule has 5 nitrogen and oxygen atoms in total. The van der Waals surface area contributed by atoms with Crippen molar-refractivity contribution in [1.82, 2.24) is 19.6 Å². The molecule has 1 aliphatic rings. The molecule has 4 aromatic rings. The molecule has 1 N–H and O–H groups in total. The number of anilines is 2. The van der Waals surface area contributed by atoms with Gasteiger partial charge in [-0.05, 0) is 43.9 Å². The molecule has 0 saturated carbocycles. The lowest BCUT2D eigenvalue weighted by Crippen LogP contribution is -2.07. The standard InChI is InChI=1S/C22H19F2N5/c1-13-5-7-14(8-6-13)11-20-27-22-26-19-4-2-3-16(19)21(29(22)28-20)25-15-9-10-17(23)18(24)12-15/h5-10,12,25H,2-4,11H2,1H3. The van der Waals surface area contributed by atoms with Crippen LogP contribution >= 0.6 is 0 Å². The van der Waals surface area contributed by atoms with Gasteiger partial charge < -0.3 is 5.32 Å². The van der Waals surface area contributed by atoms with E-state index in [1.165, 1.54) is 11.6 Å². The number of aryl methyl sites for hydroxylation is 2. The molecule has 29 heavy (non-hydrogen) atoms. The van der Waals surface area contributed by atoms with Gasteiger partial charge in [0.2, 0.25) is 0 Å². The van der Waals surface area contributed by atoms with E-state index in [1.54, 1.807) is 4.52 Å². The van der Waals surface area contributed by atoms with Gasteiger partial charge in [-0.2, -0.15) is 9.50 Å². The van der Waals surface area contributed by atoms with Gasteiger partial charge in [-0.3, -0.25) is 0 Å². The molecule has 146 valence electrons. The molecule has 0 aliphatic heterocycles. The van der Waals surface area contributed by atoms with Crippen molar-refractivity contribution < 1.29 is 8.78 Å². The molecule has 0 fully saturated rings. The van der Waals surface area contributed by atoms with E-state index in [2.05, 4.69) is 51.6 Å². The van der Waals surface area contributed by atoms with Crippen LogP contribution in [-0.2, 0) is 19.3 Å². The summed E-state index contributed by atoms with van der Waals surface area (Å²) in [6.45, 7) is 2.05. The molecular formula is C22H19F2N5. The molecular weight excluding hydrogens is 372 g/mol. The van der Waals surface area contributed by atoms with Gasteiger partial charge in [-0.25, -0.2) is 13.8 Å². The molecule has 0 radical (unpaired) electrons. The van der Waals surface area contributed by atoms with Gasteiger partial charge in [0.15, 0.2) is 17.5 Å². The van der Waals surface area contributed by atoms with E-state index in [4.69, 9.17) is 0 Å². The van der Waals surface area contributed by atoms with Crippen molar-refractivity contribution in [2.75, 3.05) is 5.32 Å². The Balaban J connectivity index is 1.56. The minimum absolute atomic E-state index is 0.459. The zero-order valence-electron chi connectivity index (χ0n) is 15.9. The Morgan fingerprint density at radius 3 is 2.62 bits per heavy atom. The molecule has 1 aliphatic carbocycles. The van der Waals surface area contributed by atoms with Crippen LogP contribution in [0.2, 0.25) is 0 Å². The van der Waals surface area contributed by atoms with Gasteiger partial charge in [-0.1, -0.05) is 29.8 Å². The molecule has 0 atom stereocenters. The first-order valence-electron chi connectivity index (χ1n) is 9.62. The number of halogens is 2. The Kier molecular flexibility index (Phi) is 4.23. The molecule has 2 aromatic carbocycles. The van der Waals surface area contributed by atoms with Crippen molar-refractivity contribution in [3.8, 4) is 0 Å². The largest absolute Gasteiger partial charge is 0.340 e. The number of nitrogens with zero attached hydrogens (tertiary/aromatic N) is 4. The lowest BCUT2D eigenvalue weighted by molar-refractivity contribution is 0.509. The molecule has 5 rings (SSSR count). The van der Waals surface area contributed by atoms with Crippen LogP contribution in [0.5, 0.6) is 0 Å². The predicted octanol–water partition coefficient (Wildman–Crippen LogP) is 4.53. The normalized spacial score (nSPS) is 13.1. The maximum Gasteiger partial charge on any atom is 0.254 e. The van der Waals surface area contributed by atoms with Crippen molar-refractivity contribution in [2.24, 2.45) is 0 Å². The fourth-order valence-electron chi connectivity index (χ4n) is 3.72. The number of hydrogen-bond acceptors (Lipinski definition) is 4. The van der Waals surface area contributed by atoms with E-state index in [0.717, 1.165) is 54.0 Å². The Hall–Kier alpha value is -3.35. The number of rotatable bonds is 4. The Bertz CT molecular complexity index is 1210. The highest BCUT2D eigenvalue weighted by Gasteiger charge is 2.22. The summed E-state index contributed by atoms with van der Waals surface area (Å²) in [7, 11) is 0. The minimum Gasteiger partial charge on any atom is -0.340 e. The van der Waals surface area contributed by atoms with Crippen LogP contribution in [0.4, 0.5) is 20.3 Å². The summed E-state index contributed by atoms with van der Waals surface area (Å²) in [5.41, 5.74) is 4.81. The van der Waals surface area contributed by atoms with Crippen LogP contribution < -0.4 is 5.32 Å². The van der Waals surface area contributed by atoms with E-state index < -0.39 is 11.6 Å². The molecule has 0 spiro atoms. The SMILES string of the molecule is Cc1ccc(Cc2nc3nc4c(c(Nc5ccc(F)c(F)c5)n3n2)CCC4)cc1. The zero-order chi connectivity index (χ0) is 20.0. The summed E-state index contributed by atoms with van der Waals surface area (Å²) in [6.07, 6.45) is 3.33. The quantitative estimate of drug-likeness (QED) is 0.555. The molecule has 0 saturated heterocycles. The van der Waals surface area contributed by atoms with Gasteiger partial charge in [-0.15, -0.1) is 5.10 Å². The van der Waals surface area contributed by atoms with Crippen molar-refractivity contribution in [2.45, 2.75) is 32.6 Å². The topological polar surface area (TPSA) is 55.1 Å². The first-order valence-corrected chi connectivity index (χ1v) is 9.62. The highest BCUT2D eigenvalue weighted by Crippen LogP contribution is 2.30. The van der Waals surface area contributed by atoms with Crippen molar-refractivity contribution in [3.63, 3.8) is 0 Å². The van der Waals surface area contributed by atoms with Crippen molar-refractivity contribution >= 4 is 17.3 Å². The van der Waals surface area contributed by atoms with Crippen LogP contribution in [0.1, 0.15) is 34.6 Å². The first kappa shape index (κ1) is 17.7. The molecule has 2 heterocycles.